The Labute approximate surface area is 458 Å². The normalized spacial score (nSPS) is 13.2. The second-order valence-corrected chi connectivity index (χ2v) is 25.0. The first kappa shape index (κ1) is 47.3. The Balaban J connectivity index is 1.07. The molecule has 77 heavy (non-hydrogen) atoms. The third-order valence-electron chi connectivity index (χ3n) is 16.7. The summed E-state index contributed by atoms with van der Waals surface area (Å²) < 4.78 is 2.70. The van der Waals surface area contributed by atoms with Crippen molar-refractivity contribution >= 4 is 110 Å². The fourth-order valence-corrected chi connectivity index (χ4v) is 13.9. The lowest BCUT2D eigenvalue weighted by Gasteiger charge is -2.44. The molecular weight excluding hydrogens is 948 g/mol. The van der Waals surface area contributed by atoms with Gasteiger partial charge in [0.15, 0.2) is 0 Å². The molecule has 0 bridgehead atoms. The Morgan fingerprint density at radius 1 is 0.390 bits per heavy atom. The first-order valence-electron chi connectivity index (χ1n) is 27.5. The van der Waals surface area contributed by atoms with Crippen molar-refractivity contribution in [2.45, 2.75) is 72.1 Å². The molecule has 0 fully saturated rings. The van der Waals surface area contributed by atoms with E-state index in [4.69, 9.17) is 0 Å². The monoisotopic (exact) mass is 1010 g/mol. The molecule has 0 spiro atoms. The van der Waals surface area contributed by atoms with Crippen LogP contribution in [0.3, 0.4) is 0 Å². The van der Waals surface area contributed by atoms with Crippen LogP contribution >= 0.6 is 11.3 Å². The average Bonchev–Trinajstić information content (AvgIpc) is 4.05. The van der Waals surface area contributed by atoms with Crippen molar-refractivity contribution in [3.63, 3.8) is 0 Å². The van der Waals surface area contributed by atoms with Gasteiger partial charge >= 0.3 is 0 Å². The zero-order chi connectivity index (χ0) is 52.5. The highest BCUT2D eigenvalue weighted by atomic mass is 32.1. The first-order chi connectivity index (χ1) is 37.3. The van der Waals surface area contributed by atoms with E-state index in [1.165, 1.54) is 137 Å². The molecule has 2 nitrogen and oxygen atoms in total. The van der Waals surface area contributed by atoms with Gasteiger partial charge in [-0.25, -0.2) is 0 Å². The molecule has 4 heteroatoms. The van der Waals surface area contributed by atoms with Gasteiger partial charge in [0.05, 0.1) is 11.4 Å². The largest absolute Gasteiger partial charge is 0.311 e. The zero-order valence-electron chi connectivity index (χ0n) is 45.2. The molecule has 12 aromatic rings. The van der Waals surface area contributed by atoms with Crippen molar-refractivity contribution in [3.8, 4) is 33.4 Å². The lowest BCUT2D eigenvalue weighted by molar-refractivity contribution is 0.590. The van der Waals surface area contributed by atoms with Crippen LogP contribution in [0, 0.1) is 0 Å². The number of thiophene rings is 1. The Hall–Kier alpha value is -8.18. The second kappa shape index (κ2) is 17.7. The van der Waals surface area contributed by atoms with Crippen LogP contribution in [-0.2, 0) is 10.8 Å². The molecule has 372 valence electrons. The summed E-state index contributed by atoms with van der Waals surface area (Å²) in [6.07, 6.45) is 0. The van der Waals surface area contributed by atoms with Crippen LogP contribution in [0.2, 0.25) is 0 Å². The summed E-state index contributed by atoms with van der Waals surface area (Å²) >= 11 is 1.98. The molecule has 0 unspecified atom stereocenters. The number of anilines is 6. The fraction of sp³-hybridized carbons (Fsp3) is 0.151. The maximum absolute atomic E-state index is 2.65. The molecule has 0 amide bonds. The summed E-state index contributed by atoms with van der Waals surface area (Å²) in [4.78, 5) is 5.27. The minimum absolute atomic E-state index is 0.00333. The maximum Gasteiger partial charge on any atom is 0.264 e. The van der Waals surface area contributed by atoms with Crippen LogP contribution < -0.4 is 25.5 Å². The molecule has 2 aliphatic rings. The summed E-state index contributed by atoms with van der Waals surface area (Å²) in [7, 11) is 0. The third-order valence-corrected chi connectivity index (χ3v) is 17.9. The smallest absolute Gasteiger partial charge is 0.264 e. The van der Waals surface area contributed by atoms with Crippen molar-refractivity contribution in [1.29, 1.82) is 0 Å². The van der Waals surface area contributed by atoms with Crippen LogP contribution in [0.1, 0.15) is 78.0 Å². The summed E-state index contributed by atoms with van der Waals surface area (Å²) in [5.41, 5.74) is 21.1. The maximum atomic E-state index is 2.65. The molecule has 1 aromatic heterocycles. The lowest BCUT2D eigenvalue weighted by Crippen LogP contribution is -2.60. The van der Waals surface area contributed by atoms with Crippen molar-refractivity contribution in [2.24, 2.45) is 0 Å². The standard InChI is InChI=1S/C73H61BN2S/c1-45(2)48-31-35-65-63(42-48)74-69-66(75(70-62-44-53(73(6,7)8)33-37-68(62)77-71(70)74)54-39-50(46-20-11-9-12-21-46)38-51(40-54)47-22-13-10-14-23-47)28-19-29-67(69)76(65)64-36-32-52(72(3,4)5)43-60(64)49-30-34-59-57-26-16-15-24-55(57)56-25-17-18-27-58(56)61(59)41-49/h9-45H,1-8H3. The third kappa shape index (κ3) is 7.66. The van der Waals surface area contributed by atoms with E-state index in [-0.39, 0.29) is 17.5 Å². The van der Waals surface area contributed by atoms with E-state index >= 15 is 0 Å². The van der Waals surface area contributed by atoms with Gasteiger partial charge in [0.2, 0.25) is 0 Å². The minimum Gasteiger partial charge on any atom is -0.311 e. The van der Waals surface area contributed by atoms with E-state index in [2.05, 4.69) is 284 Å². The molecule has 0 atom stereocenters. The minimum atomic E-state index is -0.0756. The van der Waals surface area contributed by atoms with Gasteiger partial charge in [0.1, 0.15) is 0 Å². The average molecular weight is 1010 g/mol. The number of hydrogen-bond acceptors (Lipinski definition) is 3. The van der Waals surface area contributed by atoms with Gasteiger partial charge < -0.3 is 9.80 Å². The summed E-state index contributed by atoms with van der Waals surface area (Å²) in [5.74, 6) is 0.351. The van der Waals surface area contributed by atoms with Crippen LogP contribution in [0.15, 0.2) is 218 Å². The number of fused-ring (bicyclic) bond motifs is 12. The highest BCUT2D eigenvalue weighted by Crippen LogP contribution is 2.52. The van der Waals surface area contributed by atoms with Crippen molar-refractivity contribution in [1.82, 2.24) is 0 Å². The van der Waals surface area contributed by atoms with Gasteiger partial charge in [-0.1, -0.05) is 207 Å². The summed E-state index contributed by atoms with van der Waals surface area (Å²) in [5, 5.41) is 9.01. The van der Waals surface area contributed by atoms with Crippen LogP contribution in [-0.4, -0.2) is 6.71 Å². The molecule has 0 N–H and O–H groups in total. The number of hydrogen-bond donors (Lipinski definition) is 0. The molecule has 0 saturated heterocycles. The van der Waals surface area contributed by atoms with Crippen LogP contribution in [0.25, 0.3) is 75.8 Å². The van der Waals surface area contributed by atoms with E-state index in [1.54, 1.807) is 0 Å². The van der Waals surface area contributed by atoms with Gasteiger partial charge in [0, 0.05) is 43.2 Å². The highest BCUT2D eigenvalue weighted by molar-refractivity contribution is 7.33. The Morgan fingerprint density at radius 3 is 1.55 bits per heavy atom. The predicted octanol–water partition coefficient (Wildman–Crippen LogP) is 19.2. The zero-order valence-corrected chi connectivity index (χ0v) is 46.1. The second-order valence-electron chi connectivity index (χ2n) is 23.9. The first-order valence-corrected chi connectivity index (χ1v) is 28.3. The lowest BCUT2D eigenvalue weighted by atomic mass is 9.36. The Kier molecular flexibility index (Phi) is 10.9. The van der Waals surface area contributed by atoms with Crippen molar-refractivity contribution in [3.05, 3.63) is 235 Å². The summed E-state index contributed by atoms with van der Waals surface area (Å²) in [6.45, 7) is 18.7. The van der Waals surface area contributed by atoms with E-state index in [9.17, 15) is 0 Å². The molecule has 2 aliphatic heterocycles. The van der Waals surface area contributed by atoms with Gasteiger partial charge in [0.25, 0.3) is 6.71 Å². The van der Waals surface area contributed by atoms with Crippen LogP contribution in [0.4, 0.5) is 34.1 Å². The molecule has 11 aromatic carbocycles. The molecule has 0 saturated carbocycles. The summed E-state index contributed by atoms with van der Waals surface area (Å²) in [6, 6.07) is 83.3. The number of nitrogens with zero attached hydrogens (tertiary/aromatic N) is 2. The van der Waals surface area contributed by atoms with Gasteiger partial charge in [-0.2, -0.15) is 0 Å². The van der Waals surface area contributed by atoms with Crippen molar-refractivity contribution < 1.29 is 0 Å². The molecule has 14 rings (SSSR count). The molecule has 0 radical (unpaired) electrons. The fourth-order valence-electron chi connectivity index (χ4n) is 12.6. The number of rotatable bonds is 6. The molecule has 0 aliphatic carbocycles. The highest BCUT2D eigenvalue weighted by Gasteiger charge is 2.46. The molecule has 3 heterocycles. The Morgan fingerprint density at radius 2 is 0.935 bits per heavy atom. The topological polar surface area (TPSA) is 6.48 Å². The quantitative estimate of drug-likeness (QED) is 0.121. The van der Waals surface area contributed by atoms with Crippen LogP contribution in [0.5, 0.6) is 0 Å². The Bertz CT molecular complexity index is 4250. The van der Waals surface area contributed by atoms with Gasteiger partial charge in [-0.3, -0.25) is 0 Å². The number of benzene rings is 11. The predicted molar refractivity (Wildman–Crippen MR) is 336 cm³/mol. The van der Waals surface area contributed by atoms with E-state index in [0.29, 0.717) is 5.92 Å². The molecular formula is C73H61BN2S. The van der Waals surface area contributed by atoms with Gasteiger partial charge in [-0.05, 0) is 171 Å². The van der Waals surface area contributed by atoms with E-state index in [0.717, 1.165) is 5.69 Å². The van der Waals surface area contributed by atoms with E-state index < -0.39 is 0 Å². The van der Waals surface area contributed by atoms with Gasteiger partial charge in [-0.15, -0.1) is 11.3 Å². The van der Waals surface area contributed by atoms with Crippen molar-refractivity contribution in [2.75, 3.05) is 9.80 Å². The van der Waals surface area contributed by atoms with E-state index in [1.807, 2.05) is 11.3 Å². The SMILES string of the molecule is CC(C)c1ccc2c(c1)B1c3sc4ccc(C(C)(C)C)cc4c3N(c3cc(-c4ccccc4)cc(-c4ccccc4)c3)c3cccc(c31)N2c1ccc(C(C)(C)C)cc1-c1ccc2c3ccccc3c3ccccc3c2c1.